The Bertz CT molecular complexity index is 1330. The van der Waals surface area contributed by atoms with Crippen molar-refractivity contribution in [2.45, 2.75) is 45.1 Å². The molecular weight excluding hydrogens is 462 g/mol. The summed E-state index contributed by atoms with van der Waals surface area (Å²) in [6, 6.07) is 25.0. The lowest BCUT2D eigenvalue weighted by Gasteiger charge is -2.26. The monoisotopic (exact) mass is 495 g/mol. The number of fused-ring (bicyclic) bond motifs is 1. The van der Waals surface area contributed by atoms with Crippen LogP contribution in [0.2, 0.25) is 0 Å². The summed E-state index contributed by atoms with van der Waals surface area (Å²) in [5.74, 6) is 0.882. The van der Waals surface area contributed by atoms with Crippen LogP contribution in [0.25, 0.3) is 11.3 Å². The van der Waals surface area contributed by atoms with Gasteiger partial charge >= 0.3 is 0 Å². The van der Waals surface area contributed by atoms with Gasteiger partial charge in [0.2, 0.25) is 0 Å². The predicted octanol–water partition coefficient (Wildman–Crippen LogP) is 6.53. The summed E-state index contributed by atoms with van der Waals surface area (Å²) in [6.45, 7) is 3.46. The van der Waals surface area contributed by atoms with Crippen molar-refractivity contribution in [1.82, 2.24) is 15.1 Å². The maximum atomic E-state index is 13.6. The fourth-order valence-corrected chi connectivity index (χ4v) is 5.01. The van der Waals surface area contributed by atoms with Crippen molar-refractivity contribution in [3.05, 3.63) is 101 Å². The van der Waals surface area contributed by atoms with Gasteiger partial charge in [-0.05, 0) is 48.2 Å². The first-order chi connectivity index (χ1) is 18.2. The van der Waals surface area contributed by atoms with Gasteiger partial charge in [-0.1, -0.05) is 80.8 Å². The molecule has 0 saturated carbocycles. The molecule has 0 radical (unpaired) electrons. The van der Waals surface area contributed by atoms with Crippen LogP contribution in [0.15, 0.2) is 78.9 Å². The number of aromatic hydroxyl groups is 1. The summed E-state index contributed by atoms with van der Waals surface area (Å²) in [7, 11) is 0. The molecule has 3 aromatic carbocycles. The van der Waals surface area contributed by atoms with Crippen molar-refractivity contribution in [2.75, 3.05) is 13.2 Å². The third-order valence-electron chi connectivity index (χ3n) is 6.97. The number of carbonyl (C=O) groups is 1. The van der Waals surface area contributed by atoms with Crippen molar-refractivity contribution in [3.63, 3.8) is 0 Å². The minimum Gasteiger partial charge on any atom is -0.507 e. The molecule has 4 aromatic rings. The molecule has 1 aliphatic rings. The second-order valence-corrected chi connectivity index (χ2v) is 9.49. The molecule has 1 aromatic heterocycles. The topological polar surface area (TPSA) is 78.5 Å². The first kappa shape index (κ1) is 24.6. The number of ether oxygens (including phenoxy) is 1. The third kappa shape index (κ3) is 5.24. The van der Waals surface area contributed by atoms with Gasteiger partial charge in [0.25, 0.3) is 5.91 Å². The molecule has 0 bridgehead atoms. The van der Waals surface area contributed by atoms with Gasteiger partial charge in [-0.2, -0.15) is 5.10 Å². The summed E-state index contributed by atoms with van der Waals surface area (Å²) in [5.41, 5.74) is 4.65. The van der Waals surface area contributed by atoms with Crippen LogP contribution in [0.3, 0.4) is 0 Å². The number of unbranched alkanes of at least 4 members (excludes halogenated alkanes) is 3. The number of aromatic amines is 1. The molecule has 2 heterocycles. The lowest BCUT2D eigenvalue weighted by Crippen LogP contribution is -2.31. The van der Waals surface area contributed by atoms with Crippen LogP contribution in [-0.2, 0) is 6.42 Å². The molecule has 1 aliphatic heterocycles. The summed E-state index contributed by atoms with van der Waals surface area (Å²) < 4.78 is 5.95. The molecule has 1 amide bonds. The van der Waals surface area contributed by atoms with Crippen molar-refractivity contribution in [1.29, 1.82) is 0 Å². The van der Waals surface area contributed by atoms with Gasteiger partial charge in [0.05, 0.1) is 12.6 Å². The zero-order valence-electron chi connectivity index (χ0n) is 21.2. The van der Waals surface area contributed by atoms with E-state index in [4.69, 9.17) is 4.74 Å². The second-order valence-electron chi connectivity index (χ2n) is 9.49. The van der Waals surface area contributed by atoms with Crippen molar-refractivity contribution < 1.29 is 14.6 Å². The first-order valence-corrected chi connectivity index (χ1v) is 13.1. The maximum Gasteiger partial charge on any atom is 0.273 e. The SMILES string of the molecule is CCCCCCOc1ccc(C2c3c(-c4ccccc4O)n[nH]c3C(=O)N2CCc2ccccc2)cc1. The highest BCUT2D eigenvalue weighted by Crippen LogP contribution is 2.44. The van der Waals surface area contributed by atoms with E-state index in [0.29, 0.717) is 30.1 Å². The number of benzene rings is 3. The Labute approximate surface area is 217 Å². The predicted molar refractivity (Wildman–Crippen MR) is 145 cm³/mol. The number of carbonyl (C=O) groups excluding carboxylic acids is 1. The van der Waals surface area contributed by atoms with Gasteiger partial charge in [0.15, 0.2) is 0 Å². The first-order valence-electron chi connectivity index (χ1n) is 13.1. The lowest BCUT2D eigenvalue weighted by molar-refractivity contribution is 0.0746. The Morgan fingerprint density at radius 1 is 0.946 bits per heavy atom. The summed E-state index contributed by atoms with van der Waals surface area (Å²) >= 11 is 0. The number of aromatic nitrogens is 2. The highest BCUT2D eigenvalue weighted by atomic mass is 16.5. The molecule has 1 atom stereocenters. The fraction of sp³-hybridized carbons (Fsp3) is 0.290. The number of para-hydroxylation sites is 1. The summed E-state index contributed by atoms with van der Waals surface area (Å²) in [5, 5.41) is 18.0. The molecule has 6 heteroatoms. The molecule has 6 nitrogen and oxygen atoms in total. The number of phenols is 1. The van der Waals surface area contributed by atoms with Crippen LogP contribution >= 0.6 is 0 Å². The largest absolute Gasteiger partial charge is 0.507 e. The number of nitrogens with zero attached hydrogens (tertiary/aromatic N) is 2. The average Bonchev–Trinajstić information content (AvgIpc) is 3.47. The Morgan fingerprint density at radius 2 is 1.70 bits per heavy atom. The van der Waals surface area contributed by atoms with E-state index >= 15 is 0 Å². The minimum absolute atomic E-state index is 0.0821. The quantitative estimate of drug-likeness (QED) is 0.232. The number of rotatable bonds is 11. The molecule has 190 valence electrons. The van der Waals surface area contributed by atoms with Gasteiger partial charge in [0, 0.05) is 17.7 Å². The molecule has 0 spiro atoms. The zero-order valence-corrected chi connectivity index (χ0v) is 21.2. The summed E-state index contributed by atoms with van der Waals surface area (Å²) in [4.78, 5) is 15.5. The molecule has 0 aliphatic carbocycles. The molecule has 0 saturated heterocycles. The molecular formula is C31H33N3O3. The van der Waals surface area contributed by atoms with Crippen LogP contribution in [0, 0.1) is 0 Å². The lowest BCUT2D eigenvalue weighted by atomic mass is 9.95. The van der Waals surface area contributed by atoms with Gasteiger partial charge in [0.1, 0.15) is 22.9 Å². The smallest absolute Gasteiger partial charge is 0.273 e. The van der Waals surface area contributed by atoms with Crippen LogP contribution in [-0.4, -0.2) is 39.3 Å². The van der Waals surface area contributed by atoms with Gasteiger partial charge in [-0.3, -0.25) is 9.89 Å². The van der Waals surface area contributed by atoms with E-state index in [-0.39, 0.29) is 17.7 Å². The van der Waals surface area contributed by atoms with Gasteiger partial charge < -0.3 is 14.7 Å². The normalized spacial score (nSPS) is 14.7. The maximum absolute atomic E-state index is 13.6. The third-order valence-corrected chi connectivity index (χ3v) is 6.97. The average molecular weight is 496 g/mol. The van der Waals surface area contributed by atoms with E-state index in [1.54, 1.807) is 12.1 Å². The van der Waals surface area contributed by atoms with E-state index in [9.17, 15) is 9.90 Å². The molecule has 1 unspecified atom stereocenters. The number of nitrogens with one attached hydrogen (secondary N) is 1. The van der Waals surface area contributed by atoms with Crippen LogP contribution < -0.4 is 4.74 Å². The molecule has 2 N–H and O–H groups in total. The number of phenolic OH excluding ortho intramolecular Hbond substituents is 1. The second kappa shape index (κ2) is 11.3. The van der Waals surface area contributed by atoms with E-state index in [1.807, 2.05) is 59.5 Å². The Balaban J connectivity index is 1.45. The highest BCUT2D eigenvalue weighted by Gasteiger charge is 2.42. The number of hydrogen-bond acceptors (Lipinski definition) is 4. The van der Waals surface area contributed by atoms with E-state index in [0.717, 1.165) is 29.7 Å². The molecule has 37 heavy (non-hydrogen) atoms. The number of H-pyrrole nitrogens is 1. The molecule has 0 fully saturated rings. The Kier molecular flexibility index (Phi) is 7.54. The van der Waals surface area contributed by atoms with E-state index in [2.05, 4.69) is 29.3 Å². The van der Waals surface area contributed by atoms with E-state index in [1.165, 1.54) is 24.8 Å². The van der Waals surface area contributed by atoms with Crippen molar-refractivity contribution in [2.24, 2.45) is 0 Å². The number of hydrogen-bond donors (Lipinski definition) is 2. The Morgan fingerprint density at radius 3 is 2.46 bits per heavy atom. The standard InChI is InChI=1S/C31H33N3O3/c1-2-3-4-10-21-37-24-17-15-23(16-18-24)30-27-28(25-13-8-9-14-26(25)35)32-33-29(27)31(36)34(30)20-19-22-11-6-5-7-12-22/h5-9,11-18,30,35H,2-4,10,19-21H2,1H3,(H,32,33). The van der Waals surface area contributed by atoms with Crippen LogP contribution in [0.1, 0.15) is 65.8 Å². The van der Waals surface area contributed by atoms with Crippen molar-refractivity contribution in [3.8, 4) is 22.8 Å². The Hall–Kier alpha value is -4.06. The highest BCUT2D eigenvalue weighted by molar-refractivity contribution is 6.00. The fourth-order valence-electron chi connectivity index (χ4n) is 5.01. The van der Waals surface area contributed by atoms with Crippen LogP contribution in [0.4, 0.5) is 0 Å². The van der Waals surface area contributed by atoms with E-state index < -0.39 is 0 Å². The van der Waals surface area contributed by atoms with Crippen molar-refractivity contribution >= 4 is 5.91 Å². The van der Waals surface area contributed by atoms with Gasteiger partial charge in [-0.25, -0.2) is 0 Å². The minimum atomic E-state index is -0.321. The van der Waals surface area contributed by atoms with Gasteiger partial charge in [-0.15, -0.1) is 0 Å². The molecule has 5 rings (SSSR count). The number of amides is 1. The van der Waals surface area contributed by atoms with Crippen LogP contribution in [0.5, 0.6) is 11.5 Å². The summed E-state index contributed by atoms with van der Waals surface area (Å²) in [6.07, 6.45) is 5.39. The zero-order chi connectivity index (χ0) is 25.6.